The molecule has 3 rings (SSSR count). The first-order valence-corrected chi connectivity index (χ1v) is 9.58. The predicted molar refractivity (Wildman–Crippen MR) is 106 cm³/mol. The fraction of sp³-hybridized carbons (Fsp3) is 0.421. The topological polar surface area (TPSA) is 67.3 Å². The van der Waals surface area contributed by atoms with Crippen molar-refractivity contribution in [3.05, 3.63) is 40.5 Å². The molecule has 1 aliphatic rings. The molecule has 1 saturated heterocycles. The van der Waals surface area contributed by atoms with E-state index in [0.29, 0.717) is 17.5 Å². The Balaban J connectivity index is 1.61. The number of benzene rings is 1. The van der Waals surface area contributed by atoms with Crippen LogP contribution in [0, 0.1) is 12.8 Å². The molecule has 6 nitrogen and oxygen atoms in total. The number of nitrogens with one attached hydrogen (secondary N) is 1. The minimum absolute atomic E-state index is 0.103. The third-order valence-corrected chi connectivity index (χ3v) is 5.08. The standard InChI is InChI=1S/C19H23BrN4O2/c1-13-7-9-24(10-8-13)19-21-14(2)11-18(23-19)26-12-17(25)22-16-6-4-3-5-15(16)20/h3-6,11,13H,7-10,12H2,1-2H3,(H,22,25). The number of carbonyl (C=O) groups excluding carboxylic acids is 1. The molecule has 2 heterocycles. The largest absolute Gasteiger partial charge is 0.467 e. The molecule has 0 atom stereocenters. The third kappa shape index (κ3) is 4.94. The minimum Gasteiger partial charge on any atom is -0.467 e. The van der Waals surface area contributed by atoms with Gasteiger partial charge in [0.05, 0.1) is 5.69 Å². The molecule has 0 radical (unpaired) electrons. The number of halogens is 1. The van der Waals surface area contributed by atoms with Gasteiger partial charge in [-0.2, -0.15) is 4.98 Å². The van der Waals surface area contributed by atoms with Gasteiger partial charge in [-0.3, -0.25) is 4.79 Å². The summed E-state index contributed by atoms with van der Waals surface area (Å²) in [6.07, 6.45) is 2.28. The van der Waals surface area contributed by atoms with Crippen molar-refractivity contribution in [2.45, 2.75) is 26.7 Å². The lowest BCUT2D eigenvalue weighted by Gasteiger charge is -2.30. The number of ether oxygens (including phenoxy) is 1. The SMILES string of the molecule is Cc1cc(OCC(=O)Nc2ccccc2Br)nc(N2CCC(C)CC2)n1. The highest BCUT2D eigenvalue weighted by atomic mass is 79.9. The molecule has 1 amide bonds. The van der Waals surface area contributed by atoms with Gasteiger partial charge >= 0.3 is 0 Å². The molecule has 1 N–H and O–H groups in total. The number of aryl methyl sites for hydroxylation is 1. The average Bonchev–Trinajstić information content (AvgIpc) is 2.62. The lowest BCUT2D eigenvalue weighted by Crippen LogP contribution is -2.34. The Morgan fingerprint density at radius 1 is 1.31 bits per heavy atom. The summed E-state index contributed by atoms with van der Waals surface area (Å²) in [6.45, 7) is 5.98. The van der Waals surface area contributed by atoms with Crippen molar-refractivity contribution < 1.29 is 9.53 Å². The second-order valence-electron chi connectivity index (χ2n) is 6.63. The van der Waals surface area contributed by atoms with Crippen LogP contribution in [-0.4, -0.2) is 35.6 Å². The smallest absolute Gasteiger partial charge is 0.262 e. The predicted octanol–water partition coefficient (Wildman–Crippen LogP) is 3.80. The van der Waals surface area contributed by atoms with E-state index in [1.807, 2.05) is 31.2 Å². The van der Waals surface area contributed by atoms with E-state index in [1.54, 1.807) is 6.07 Å². The Labute approximate surface area is 162 Å². The molecule has 26 heavy (non-hydrogen) atoms. The molecule has 0 unspecified atom stereocenters. The normalized spacial score (nSPS) is 15.0. The maximum Gasteiger partial charge on any atom is 0.262 e. The third-order valence-electron chi connectivity index (χ3n) is 4.38. The van der Waals surface area contributed by atoms with Gasteiger partial charge in [-0.05, 0) is 53.7 Å². The summed E-state index contributed by atoms with van der Waals surface area (Å²) in [4.78, 5) is 23.3. The summed E-state index contributed by atoms with van der Waals surface area (Å²) < 4.78 is 6.43. The molecule has 0 aliphatic carbocycles. The maximum absolute atomic E-state index is 12.1. The Morgan fingerprint density at radius 3 is 2.77 bits per heavy atom. The van der Waals surface area contributed by atoms with E-state index in [4.69, 9.17) is 4.74 Å². The van der Waals surface area contributed by atoms with Crippen molar-refractivity contribution in [1.29, 1.82) is 0 Å². The molecule has 7 heteroatoms. The minimum atomic E-state index is -0.235. The Hall–Kier alpha value is -2.15. The Morgan fingerprint density at radius 2 is 2.04 bits per heavy atom. The summed E-state index contributed by atoms with van der Waals surface area (Å²) >= 11 is 3.41. The van der Waals surface area contributed by atoms with Crippen molar-refractivity contribution in [3.8, 4) is 5.88 Å². The highest BCUT2D eigenvalue weighted by Gasteiger charge is 2.19. The zero-order valence-corrected chi connectivity index (χ0v) is 16.6. The van der Waals surface area contributed by atoms with E-state index < -0.39 is 0 Å². The number of nitrogens with zero attached hydrogens (tertiary/aromatic N) is 3. The molecule has 0 spiro atoms. The average molecular weight is 419 g/mol. The van der Waals surface area contributed by atoms with E-state index in [1.165, 1.54) is 0 Å². The van der Waals surface area contributed by atoms with Gasteiger partial charge in [-0.1, -0.05) is 19.1 Å². The van der Waals surface area contributed by atoms with Crippen LogP contribution in [0.3, 0.4) is 0 Å². The highest BCUT2D eigenvalue weighted by molar-refractivity contribution is 9.10. The van der Waals surface area contributed by atoms with Crippen LogP contribution in [0.1, 0.15) is 25.5 Å². The zero-order valence-electron chi connectivity index (χ0n) is 15.0. The van der Waals surface area contributed by atoms with E-state index in [2.05, 4.69) is 43.0 Å². The Kier molecular flexibility index (Phi) is 6.08. The fourth-order valence-corrected chi connectivity index (χ4v) is 3.22. The van der Waals surface area contributed by atoms with Crippen LogP contribution < -0.4 is 15.0 Å². The second-order valence-corrected chi connectivity index (χ2v) is 7.49. The fourth-order valence-electron chi connectivity index (χ4n) is 2.84. The van der Waals surface area contributed by atoms with Crippen LogP contribution in [0.2, 0.25) is 0 Å². The van der Waals surface area contributed by atoms with Gasteiger partial charge in [0.1, 0.15) is 0 Å². The molecule has 2 aromatic rings. The summed E-state index contributed by atoms with van der Waals surface area (Å²) in [7, 11) is 0. The van der Waals surface area contributed by atoms with Crippen molar-refractivity contribution >= 4 is 33.5 Å². The highest BCUT2D eigenvalue weighted by Crippen LogP contribution is 2.23. The number of hydrogen-bond acceptors (Lipinski definition) is 5. The maximum atomic E-state index is 12.1. The zero-order chi connectivity index (χ0) is 18.5. The molecule has 1 aliphatic heterocycles. The quantitative estimate of drug-likeness (QED) is 0.799. The van der Waals surface area contributed by atoms with Crippen molar-refractivity contribution in [2.75, 3.05) is 29.9 Å². The molecule has 1 fully saturated rings. The number of carbonyl (C=O) groups is 1. The van der Waals surface area contributed by atoms with Gasteiger partial charge in [-0.25, -0.2) is 4.98 Å². The summed E-state index contributed by atoms with van der Waals surface area (Å²) in [5.41, 5.74) is 1.54. The monoisotopic (exact) mass is 418 g/mol. The van der Waals surface area contributed by atoms with Crippen molar-refractivity contribution in [1.82, 2.24) is 9.97 Å². The lowest BCUT2D eigenvalue weighted by molar-refractivity contribution is -0.118. The van der Waals surface area contributed by atoms with Crippen LogP contribution >= 0.6 is 15.9 Å². The summed E-state index contributed by atoms with van der Waals surface area (Å²) in [5.74, 6) is 1.61. The van der Waals surface area contributed by atoms with Gasteiger partial charge in [0, 0.05) is 29.3 Å². The van der Waals surface area contributed by atoms with Crippen molar-refractivity contribution in [3.63, 3.8) is 0 Å². The number of para-hydroxylation sites is 1. The second kappa shape index (κ2) is 8.49. The number of anilines is 2. The van der Waals surface area contributed by atoms with Gasteiger partial charge in [0.2, 0.25) is 11.8 Å². The summed E-state index contributed by atoms with van der Waals surface area (Å²) in [6, 6.07) is 9.20. The first-order valence-electron chi connectivity index (χ1n) is 8.79. The first kappa shape index (κ1) is 18.6. The lowest BCUT2D eigenvalue weighted by atomic mass is 10.00. The first-order chi connectivity index (χ1) is 12.5. The van der Waals surface area contributed by atoms with Gasteiger partial charge in [0.25, 0.3) is 5.91 Å². The molecule has 1 aromatic carbocycles. The number of amides is 1. The van der Waals surface area contributed by atoms with Crippen LogP contribution in [0.4, 0.5) is 11.6 Å². The number of aromatic nitrogens is 2. The van der Waals surface area contributed by atoms with Crippen LogP contribution in [0.5, 0.6) is 5.88 Å². The number of piperidine rings is 1. The molecular weight excluding hydrogens is 396 g/mol. The van der Waals surface area contributed by atoms with Crippen molar-refractivity contribution in [2.24, 2.45) is 5.92 Å². The van der Waals surface area contributed by atoms with Gasteiger partial charge in [0.15, 0.2) is 6.61 Å². The van der Waals surface area contributed by atoms with Crippen LogP contribution in [-0.2, 0) is 4.79 Å². The Bertz CT molecular complexity index is 776. The van der Waals surface area contributed by atoms with E-state index in [9.17, 15) is 4.79 Å². The van der Waals surface area contributed by atoms with Crippen LogP contribution in [0.25, 0.3) is 0 Å². The van der Waals surface area contributed by atoms with E-state index in [-0.39, 0.29) is 12.5 Å². The van der Waals surface area contributed by atoms with Gasteiger partial charge in [-0.15, -0.1) is 0 Å². The van der Waals surface area contributed by atoms with Crippen LogP contribution in [0.15, 0.2) is 34.8 Å². The molecule has 1 aromatic heterocycles. The van der Waals surface area contributed by atoms with Gasteiger partial charge < -0.3 is 15.0 Å². The molecular formula is C19H23BrN4O2. The van der Waals surface area contributed by atoms with E-state index in [0.717, 1.165) is 42.0 Å². The number of hydrogen-bond donors (Lipinski definition) is 1. The molecule has 0 bridgehead atoms. The molecule has 0 saturated carbocycles. The summed E-state index contributed by atoms with van der Waals surface area (Å²) in [5, 5.41) is 2.81. The van der Waals surface area contributed by atoms with E-state index >= 15 is 0 Å². The molecule has 138 valence electrons. The number of rotatable bonds is 5.